The summed E-state index contributed by atoms with van der Waals surface area (Å²) in [6, 6.07) is 11.7. The van der Waals surface area contributed by atoms with Gasteiger partial charge in [0.15, 0.2) is 11.6 Å². The second-order valence-corrected chi connectivity index (χ2v) is 10.8. The molecule has 0 bridgehead atoms. The van der Waals surface area contributed by atoms with Crippen molar-refractivity contribution in [3.05, 3.63) is 92.5 Å². The molecule has 2 aliphatic rings. The fourth-order valence-electron chi connectivity index (χ4n) is 6.22. The predicted molar refractivity (Wildman–Crippen MR) is 152 cm³/mol. The molecule has 0 radical (unpaired) electrons. The number of carbonyl (C=O) groups excluding carboxylic acids is 2. The van der Waals surface area contributed by atoms with Gasteiger partial charge in [0.1, 0.15) is 0 Å². The zero-order chi connectivity index (χ0) is 28.3. The molecule has 6 rings (SSSR count). The van der Waals surface area contributed by atoms with Gasteiger partial charge >= 0.3 is 0 Å². The molecule has 10 nitrogen and oxygen atoms in total. The molecule has 2 aliphatic heterocycles. The molecular weight excluding hydrogens is 528 g/mol. The summed E-state index contributed by atoms with van der Waals surface area (Å²) in [5.41, 5.74) is 19.6. The Labute approximate surface area is 236 Å². The summed E-state index contributed by atoms with van der Waals surface area (Å²) in [5.74, 6) is -0.599. The molecule has 11 heteroatoms. The van der Waals surface area contributed by atoms with E-state index in [0.29, 0.717) is 5.02 Å². The van der Waals surface area contributed by atoms with Gasteiger partial charge in [0.05, 0.1) is 28.5 Å². The number of hydrogen-bond acceptors (Lipinski definition) is 6. The summed E-state index contributed by atoms with van der Waals surface area (Å²) in [7, 11) is 3.65. The number of carbonyl (C=O) groups is 2. The second kappa shape index (κ2) is 9.88. The first-order chi connectivity index (χ1) is 19.2. The summed E-state index contributed by atoms with van der Waals surface area (Å²) >= 11 is 7.15. The van der Waals surface area contributed by atoms with Crippen LogP contribution in [0.5, 0.6) is 0 Å². The number of primary amides is 2. The summed E-state index contributed by atoms with van der Waals surface area (Å²) < 4.78 is 3.58. The number of fused-ring (bicyclic) bond motifs is 2. The Morgan fingerprint density at radius 3 is 1.82 bits per heavy atom. The Morgan fingerprint density at radius 1 is 0.825 bits per heavy atom. The monoisotopic (exact) mass is 558 g/mol. The van der Waals surface area contributed by atoms with Gasteiger partial charge < -0.3 is 31.2 Å². The predicted octanol–water partition coefficient (Wildman–Crippen LogP) is 2.45. The van der Waals surface area contributed by atoms with Gasteiger partial charge in [-0.1, -0.05) is 48.0 Å². The van der Waals surface area contributed by atoms with E-state index in [2.05, 4.69) is 39.7 Å². The van der Waals surface area contributed by atoms with Crippen molar-refractivity contribution in [2.24, 2.45) is 25.6 Å². The zero-order valence-electron chi connectivity index (χ0n) is 22.6. The lowest BCUT2D eigenvalue weighted by Gasteiger charge is -2.27. The van der Waals surface area contributed by atoms with Gasteiger partial charge in [-0.05, 0) is 29.2 Å². The SMILES string of the molecule is Cc1c(-c2cccc(C3NCCc4c3nc(C(N)=O)n4C)c2Cl)cccc1C1NCCc2c1nc(C(N)=O)n2C. The highest BCUT2D eigenvalue weighted by atomic mass is 35.5. The first-order valence-corrected chi connectivity index (χ1v) is 13.6. The number of benzene rings is 2. The molecule has 4 heterocycles. The summed E-state index contributed by atoms with van der Waals surface area (Å²) in [5, 5.41) is 7.72. The van der Waals surface area contributed by atoms with Crippen molar-refractivity contribution in [1.29, 1.82) is 0 Å². The molecule has 206 valence electrons. The molecule has 2 atom stereocenters. The van der Waals surface area contributed by atoms with Gasteiger partial charge in [-0.2, -0.15) is 0 Å². The lowest BCUT2D eigenvalue weighted by Crippen LogP contribution is -2.32. The van der Waals surface area contributed by atoms with Crippen LogP contribution in [0.3, 0.4) is 0 Å². The first-order valence-electron chi connectivity index (χ1n) is 13.2. The lowest BCUT2D eigenvalue weighted by molar-refractivity contribution is 0.0979. The highest BCUT2D eigenvalue weighted by molar-refractivity contribution is 6.34. The van der Waals surface area contributed by atoms with Crippen molar-refractivity contribution in [2.75, 3.05) is 13.1 Å². The number of hydrogen-bond donors (Lipinski definition) is 4. The van der Waals surface area contributed by atoms with Crippen LogP contribution in [0.25, 0.3) is 11.1 Å². The fraction of sp³-hybridized carbons (Fsp3) is 0.310. The van der Waals surface area contributed by atoms with Crippen molar-refractivity contribution in [2.45, 2.75) is 31.8 Å². The van der Waals surface area contributed by atoms with E-state index in [1.165, 1.54) is 0 Å². The van der Waals surface area contributed by atoms with Crippen molar-refractivity contribution in [1.82, 2.24) is 29.7 Å². The van der Waals surface area contributed by atoms with E-state index in [1.54, 1.807) is 9.13 Å². The Balaban J connectivity index is 1.43. The van der Waals surface area contributed by atoms with Crippen LogP contribution in [0.4, 0.5) is 0 Å². The standard InChI is InChI=1S/C29H31ClN8O2/c1-14-15(6-4-7-16(14)22-24-19(10-12-33-22)37(2)28(35-24)26(31)39)17-8-5-9-18(21(17)30)23-25-20(11-13-34-23)38(3)29(36-25)27(32)40/h4-9,22-23,33-34H,10-13H2,1-3H3,(H2,31,39)(H2,32,40). The number of rotatable bonds is 5. The summed E-state index contributed by atoms with van der Waals surface area (Å²) in [6.45, 7) is 3.55. The highest BCUT2D eigenvalue weighted by Gasteiger charge is 2.32. The number of nitrogens with one attached hydrogen (secondary N) is 2. The quantitative estimate of drug-likeness (QED) is 0.296. The van der Waals surface area contributed by atoms with Crippen molar-refractivity contribution < 1.29 is 9.59 Å². The van der Waals surface area contributed by atoms with E-state index in [4.69, 9.17) is 23.1 Å². The van der Waals surface area contributed by atoms with Crippen LogP contribution in [0.1, 0.15) is 72.8 Å². The molecule has 6 N–H and O–H groups in total. The third kappa shape index (κ3) is 4.02. The van der Waals surface area contributed by atoms with Crippen molar-refractivity contribution in [3.63, 3.8) is 0 Å². The molecule has 0 spiro atoms. The number of nitrogens with zero attached hydrogens (tertiary/aromatic N) is 4. The van der Waals surface area contributed by atoms with E-state index in [-0.39, 0.29) is 23.7 Å². The van der Waals surface area contributed by atoms with Gasteiger partial charge in [-0.3, -0.25) is 9.59 Å². The first kappa shape index (κ1) is 26.2. The maximum atomic E-state index is 12.0. The fourth-order valence-corrected chi connectivity index (χ4v) is 6.55. The zero-order valence-corrected chi connectivity index (χ0v) is 23.3. The van der Waals surface area contributed by atoms with Crippen LogP contribution in [0.2, 0.25) is 5.02 Å². The van der Waals surface area contributed by atoms with Crippen LogP contribution in [-0.2, 0) is 26.9 Å². The van der Waals surface area contributed by atoms with E-state index >= 15 is 0 Å². The minimum Gasteiger partial charge on any atom is -0.363 e. The highest BCUT2D eigenvalue weighted by Crippen LogP contribution is 2.41. The lowest BCUT2D eigenvalue weighted by atomic mass is 9.88. The number of nitrogens with two attached hydrogens (primary N) is 2. The van der Waals surface area contributed by atoms with Crippen LogP contribution in [0, 0.1) is 6.92 Å². The number of aromatic nitrogens is 4. The van der Waals surface area contributed by atoms with Crippen LogP contribution in [-0.4, -0.2) is 44.0 Å². The van der Waals surface area contributed by atoms with E-state index in [0.717, 1.165) is 76.5 Å². The molecule has 40 heavy (non-hydrogen) atoms. The third-order valence-electron chi connectivity index (χ3n) is 8.21. The van der Waals surface area contributed by atoms with Crippen molar-refractivity contribution >= 4 is 23.4 Å². The average Bonchev–Trinajstić information content (AvgIpc) is 3.47. The molecule has 4 aromatic rings. The Hall–Kier alpha value is -3.99. The summed E-state index contributed by atoms with van der Waals surface area (Å²) in [4.78, 5) is 33.2. The number of halogens is 1. The minimum absolute atomic E-state index is 0.187. The smallest absolute Gasteiger partial charge is 0.284 e. The number of amides is 2. The van der Waals surface area contributed by atoms with E-state index in [1.807, 2.05) is 38.4 Å². The molecule has 2 amide bonds. The molecule has 2 aromatic carbocycles. The molecule has 2 aromatic heterocycles. The largest absolute Gasteiger partial charge is 0.363 e. The van der Waals surface area contributed by atoms with Crippen LogP contribution in [0.15, 0.2) is 36.4 Å². The van der Waals surface area contributed by atoms with Gasteiger partial charge in [-0.15, -0.1) is 0 Å². The average molecular weight is 559 g/mol. The molecule has 2 unspecified atom stereocenters. The Bertz CT molecular complexity index is 1560. The molecule has 0 aliphatic carbocycles. The van der Waals surface area contributed by atoms with Gasteiger partial charge in [0.25, 0.3) is 11.8 Å². The molecule has 0 saturated heterocycles. The summed E-state index contributed by atoms with van der Waals surface area (Å²) in [6.07, 6.45) is 1.50. The van der Waals surface area contributed by atoms with Crippen LogP contribution < -0.4 is 22.1 Å². The Kier molecular flexibility index (Phi) is 6.48. The normalized spacial score (nSPS) is 18.3. The molecule has 0 fully saturated rings. The van der Waals surface area contributed by atoms with Gasteiger partial charge in [0, 0.05) is 57.0 Å². The van der Waals surface area contributed by atoms with Gasteiger partial charge in [0.2, 0.25) is 0 Å². The maximum Gasteiger partial charge on any atom is 0.284 e. The van der Waals surface area contributed by atoms with Crippen molar-refractivity contribution in [3.8, 4) is 11.1 Å². The number of imidazole rings is 2. The Morgan fingerprint density at radius 2 is 1.30 bits per heavy atom. The molecular formula is C29H31ClN8O2. The third-order valence-corrected chi connectivity index (χ3v) is 8.64. The maximum absolute atomic E-state index is 12.0. The van der Waals surface area contributed by atoms with Gasteiger partial charge in [-0.25, -0.2) is 9.97 Å². The molecule has 0 saturated carbocycles. The topological polar surface area (TPSA) is 146 Å². The van der Waals surface area contributed by atoms with E-state index in [9.17, 15) is 9.59 Å². The second-order valence-electron chi connectivity index (χ2n) is 10.4. The van der Waals surface area contributed by atoms with Crippen LogP contribution >= 0.6 is 11.6 Å². The minimum atomic E-state index is -0.557. The van der Waals surface area contributed by atoms with E-state index < -0.39 is 11.8 Å².